The number of nitrogens with zero attached hydrogens (tertiary/aromatic N) is 3. The third-order valence-electron chi connectivity index (χ3n) is 3.65. The van der Waals surface area contributed by atoms with Gasteiger partial charge in [0, 0.05) is 12.7 Å². The molecule has 0 radical (unpaired) electrons. The Bertz CT molecular complexity index is 577. The molecule has 2 aromatic rings. The quantitative estimate of drug-likeness (QED) is 0.907. The van der Waals surface area contributed by atoms with Crippen LogP contribution in [0.3, 0.4) is 0 Å². The monoisotopic (exact) mass is 280 g/mol. The fraction of sp³-hybridized carbons (Fsp3) is 0.538. The fourth-order valence-electron chi connectivity index (χ4n) is 2.56. The van der Waals surface area contributed by atoms with Crippen molar-refractivity contribution in [1.82, 2.24) is 14.6 Å². The van der Waals surface area contributed by atoms with Crippen LogP contribution >= 0.6 is 11.6 Å². The summed E-state index contributed by atoms with van der Waals surface area (Å²) in [5.41, 5.74) is 0.121. The van der Waals surface area contributed by atoms with Gasteiger partial charge in [-0.1, -0.05) is 30.9 Å². The molecule has 6 heteroatoms. The highest BCUT2D eigenvalue weighted by Crippen LogP contribution is 2.28. The molecule has 2 aromatic heterocycles. The van der Waals surface area contributed by atoms with Gasteiger partial charge < -0.3 is 10.4 Å². The summed E-state index contributed by atoms with van der Waals surface area (Å²) in [5, 5.41) is 18.4. The number of aromatic nitrogens is 3. The molecule has 3 rings (SSSR count). The number of anilines is 1. The van der Waals surface area contributed by atoms with Crippen LogP contribution in [0.25, 0.3) is 5.65 Å². The van der Waals surface area contributed by atoms with Gasteiger partial charge in [-0.25, -0.2) is 4.52 Å². The predicted octanol–water partition coefficient (Wildman–Crippen LogP) is 2.49. The van der Waals surface area contributed by atoms with E-state index in [2.05, 4.69) is 15.4 Å². The van der Waals surface area contributed by atoms with Crippen molar-refractivity contribution < 1.29 is 5.11 Å². The Morgan fingerprint density at radius 1 is 1.32 bits per heavy atom. The second kappa shape index (κ2) is 4.98. The Balaban J connectivity index is 1.71. The Morgan fingerprint density at radius 2 is 2.11 bits per heavy atom. The van der Waals surface area contributed by atoms with Gasteiger partial charge in [-0.3, -0.25) is 0 Å². The van der Waals surface area contributed by atoms with Crippen molar-refractivity contribution in [2.45, 2.75) is 37.7 Å². The number of fused-ring (bicyclic) bond motifs is 1. The van der Waals surface area contributed by atoms with Crippen molar-refractivity contribution in [2.75, 3.05) is 11.9 Å². The predicted molar refractivity (Wildman–Crippen MR) is 74.5 cm³/mol. The Morgan fingerprint density at radius 3 is 2.89 bits per heavy atom. The standard InChI is InChI=1S/C13H17ClN4O/c14-10-4-5-11-16-12(17-18(11)8-10)15-9-13(19)6-2-1-3-7-13/h4-5,8,19H,1-3,6-7,9H2,(H,15,17). The minimum atomic E-state index is -0.618. The van der Waals surface area contributed by atoms with Crippen molar-refractivity contribution in [3.8, 4) is 0 Å². The summed E-state index contributed by atoms with van der Waals surface area (Å²) in [7, 11) is 0. The minimum Gasteiger partial charge on any atom is -0.388 e. The Labute approximate surface area is 116 Å². The molecular formula is C13H17ClN4O. The van der Waals surface area contributed by atoms with E-state index in [1.807, 2.05) is 6.07 Å². The maximum atomic E-state index is 10.4. The summed E-state index contributed by atoms with van der Waals surface area (Å²) in [6.45, 7) is 0.498. The van der Waals surface area contributed by atoms with E-state index < -0.39 is 5.60 Å². The molecule has 0 spiro atoms. The van der Waals surface area contributed by atoms with Gasteiger partial charge in [0.25, 0.3) is 0 Å². The number of hydrogen-bond donors (Lipinski definition) is 2. The first-order valence-electron chi connectivity index (χ1n) is 6.63. The van der Waals surface area contributed by atoms with Crippen LogP contribution in [-0.4, -0.2) is 31.9 Å². The molecule has 102 valence electrons. The van der Waals surface area contributed by atoms with Gasteiger partial charge in [0.1, 0.15) is 0 Å². The topological polar surface area (TPSA) is 62.5 Å². The lowest BCUT2D eigenvalue weighted by atomic mass is 9.85. The number of nitrogens with one attached hydrogen (secondary N) is 1. The lowest BCUT2D eigenvalue weighted by Crippen LogP contribution is -2.39. The van der Waals surface area contributed by atoms with Gasteiger partial charge in [-0.2, -0.15) is 4.98 Å². The summed E-state index contributed by atoms with van der Waals surface area (Å²) < 4.78 is 1.63. The van der Waals surface area contributed by atoms with Crippen LogP contribution in [0.1, 0.15) is 32.1 Å². The molecule has 0 bridgehead atoms. The van der Waals surface area contributed by atoms with E-state index >= 15 is 0 Å². The highest BCUT2D eigenvalue weighted by Gasteiger charge is 2.29. The summed E-state index contributed by atoms with van der Waals surface area (Å²) in [6, 6.07) is 3.60. The third kappa shape index (κ3) is 2.82. The average molecular weight is 281 g/mol. The molecular weight excluding hydrogens is 264 g/mol. The molecule has 1 aliphatic carbocycles. The Kier molecular flexibility index (Phi) is 3.33. The molecule has 1 aliphatic rings. The van der Waals surface area contributed by atoms with Crippen molar-refractivity contribution in [3.05, 3.63) is 23.4 Å². The molecule has 1 fully saturated rings. The number of rotatable bonds is 3. The highest BCUT2D eigenvalue weighted by atomic mass is 35.5. The van der Waals surface area contributed by atoms with Gasteiger partial charge in [-0.05, 0) is 25.0 Å². The van der Waals surface area contributed by atoms with E-state index in [4.69, 9.17) is 11.6 Å². The molecule has 2 heterocycles. The number of aliphatic hydroxyl groups is 1. The van der Waals surface area contributed by atoms with E-state index in [0.29, 0.717) is 17.5 Å². The number of pyridine rings is 1. The second-order valence-corrected chi connectivity index (χ2v) is 5.66. The average Bonchev–Trinajstić information content (AvgIpc) is 2.79. The zero-order chi connectivity index (χ0) is 13.3. The molecule has 0 saturated heterocycles. The molecule has 0 aromatic carbocycles. The maximum Gasteiger partial charge on any atom is 0.243 e. The van der Waals surface area contributed by atoms with Crippen LogP contribution in [-0.2, 0) is 0 Å². The largest absolute Gasteiger partial charge is 0.388 e. The maximum absolute atomic E-state index is 10.4. The van der Waals surface area contributed by atoms with Crippen LogP contribution in [0.5, 0.6) is 0 Å². The van der Waals surface area contributed by atoms with E-state index in [-0.39, 0.29) is 0 Å². The number of halogens is 1. The van der Waals surface area contributed by atoms with Gasteiger partial charge in [0.05, 0.1) is 10.6 Å². The van der Waals surface area contributed by atoms with Crippen molar-refractivity contribution in [2.24, 2.45) is 0 Å². The number of hydrogen-bond acceptors (Lipinski definition) is 4. The zero-order valence-electron chi connectivity index (χ0n) is 10.6. The van der Waals surface area contributed by atoms with Crippen LogP contribution in [0.15, 0.2) is 18.3 Å². The smallest absolute Gasteiger partial charge is 0.243 e. The van der Waals surface area contributed by atoms with Crippen molar-refractivity contribution in [3.63, 3.8) is 0 Å². The van der Waals surface area contributed by atoms with Gasteiger partial charge >= 0.3 is 0 Å². The first-order valence-corrected chi connectivity index (χ1v) is 7.01. The van der Waals surface area contributed by atoms with Gasteiger partial charge in [-0.15, -0.1) is 5.10 Å². The summed E-state index contributed by atoms with van der Waals surface area (Å²) in [6.07, 6.45) is 6.80. The minimum absolute atomic E-state index is 0.498. The first-order chi connectivity index (χ1) is 9.15. The molecule has 2 N–H and O–H groups in total. The normalized spacial score (nSPS) is 18.6. The van der Waals surface area contributed by atoms with E-state index in [1.165, 1.54) is 6.42 Å². The lowest BCUT2D eigenvalue weighted by Gasteiger charge is -2.31. The van der Waals surface area contributed by atoms with Crippen LogP contribution in [0, 0.1) is 0 Å². The summed E-state index contributed by atoms with van der Waals surface area (Å²) in [4.78, 5) is 4.34. The van der Waals surface area contributed by atoms with Crippen LogP contribution in [0.2, 0.25) is 5.02 Å². The van der Waals surface area contributed by atoms with Crippen LogP contribution < -0.4 is 5.32 Å². The highest BCUT2D eigenvalue weighted by molar-refractivity contribution is 6.30. The van der Waals surface area contributed by atoms with E-state index in [9.17, 15) is 5.11 Å². The van der Waals surface area contributed by atoms with Gasteiger partial charge in [0.15, 0.2) is 5.65 Å². The first kappa shape index (κ1) is 12.7. The molecule has 0 atom stereocenters. The second-order valence-electron chi connectivity index (χ2n) is 5.22. The summed E-state index contributed by atoms with van der Waals surface area (Å²) in [5.74, 6) is 0.529. The Hall–Kier alpha value is -1.33. The molecule has 19 heavy (non-hydrogen) atoms. The SMILES string of the molecule is OC1(CNc2nc3ccc(Cl)cn3n2)CCCCC1. The van der Waals surface area contributed by atoms with Crippen molar-refractivity contribution >= 4 is 23.2 Å². The molecule has 0 amide bonds. The van der Waals surface area contributed by atoms with Crippen molar-refractivity contribution in [1.29, 1.82) is 0 Å². The molecule has 0 unspecified atom stereocenters. The van der Waals surface area contributed by atoms with E-state index in [0.717, 1.165) is 31.3 Å². The fourth-order valence-corrected chi connectivity index (χ4v) is 2.72. The van der Waals surface area contributed by atoms with Crippen LogP contribution in [0.4, 0.5) is 5.95 Å². The van der Waals surface area contributed by atoms with Gasteiger partial charge in [0.2, 0.25) is 5.95 Å². The molecule has 1 saturated carbocycles. The lowest BCUT2D eigenvalue weighted by molar-refractivity contribution is 0.0166. The van der Waals surface area contributed by atoms with E-state index in [1.54, 1.807) is 16.8 Å². The molecule has 5 nitrogen and oxygen atoms in total. The summed E-state index contributed by atoms with van der Waals surface area (Å²) >= 11 is 5.90. The molecule has 0 aliphatic heterocycles. The third-order valence-corrected chi connectivity index (χ3v) is 3.88. The zero-order valence-corrected chi connectivity index (χ0v) is 11.4.